The molecule has 2 amide bonds. The maximum Gasteiger partial charge on any atom is 0.257 e. The molecule has 8 nitrogen and oxygen atoms in total. The summed E-state index contributed by atoms with van der Waals surface area (Å²) in [4.78, 5) is 31.1. The number of hydrogen-bond donors (Lipinski definition) is 2. The molecule has 2 aliphatic rings. The number of piperidine rings is 1. The van der Waals surface area contributed by atoms with Gasteiger partial charge < -0.3 is 25.0 Å². The first-order chi connectivity index (χ1) is 20.8. The summed E-state index contributed by atoms with van der Waals surface area (Å²) < 4.78 is 12.7. The Balaban J connectivity index is 1.33. The molecule has 2 aliphatic heterocycles. The molecule has 3 aromatic rings. The minimum Gasteiger partial charge on any atom is -0.486 e. The number of para-hydroxylation sites is 2. The molecule has 0 aliphatic carbocycles. The van der Waals surface area contributed by atoms with Crippen molar-refractivity contribution in [3.05, 3.63) is 83.9 Å². The molecule has 1 fully saturated rings. The number of hydrogen-bond acceptors (Lipinski definition) is 6. The van der Waals surface area contributed by atoms with Gasteiger partial charge in [-0.1, -0.05) is 43.3 Å². The Morgan fingerprint density at radius 2 is 1.81 bits per heavy atom. The van der Waals surface area contributed by atoms with Crippen LogP contribution >= 0.6 is 0 Å². The number of rotatable bonds is 9. The lowest BCUT2D eigenvalue weighted by molar-refractivity contribution is -0.120. The molecule has 2 heterocycles. The Kier molecular flexibility index (Phi) is 10.00. The Bertz CT molecular complexity index is 1370. The number of anilines is 1. The largest absolute Gasteiger partial charge is 0.486 e. The van der Waals surface area contributed by atoms with Gasteiger partial charge in [0.05, 0.1) is 17.2 Å². The van der Waals surface area contributed by atoms with Crippen molar-refractivity contribution >= 4 is 17.5 Å². The lowest BCUT2D eigenvalue weighted by Gasteiger charge is -2.38. The van der Waals surface area contributed by atoms with Crippen molar-refractivity contribution in [1.29, 1.82) is 0 Å². The number of likely N-dealkylation sites (N-methyl/N-ethyl adjacent to an activating group) is 1. The fourth-order valence-electron chi connectivity index (χ4n) is 5.81. The molecule has 5 rings (SSSR count). The number of benzene rings is 3. The normalized spacial score (nSPS) is 20.7. The zero-order valence-corrected chi connectivity index (χ0v) is 25.7. The van der Waals surface area contributed by atoms with E-state index in [1.54, 1.807) is 6.07 Å². The van der Waals surface area contributed by atoms with Gasteiger partial charge in [-0.2, -0.15) is 0 Å². The van der Waals surface area contributed by atoms with E-state index in [2.05, 4.69) is 41.6 Å². The molecule has 3 atom stereocenters. The summed E-state index contributed by atoms with van der Waals surface area (Å²) in [7, 11) is 2.08. The Morgan fingerprint density at radius 3 is 2.51 bits per heavy atom. The average molecular weight is 585 g/mol. The van der Waals surface area contributed by atoms with Crippen LogP contribution in [0.1, 0.15) is 49.5 Å². The van der Waals surface area contributed by atoms with Gasteiger partial charge in [-0.3, -0.25) is 14.5 Å². The lowest BCUT2D eigenvalue weighted by Crippen LogP contribution is -2.48. The summed E-state index contributed by atoms with van der Waals surface area (Å²) in [6, 6.07) is 23.4. The van der Waals surface area contributed by atoms with Crippen molar-refractivity contribution in [2.24, 2.45) is 11.8 Å². The quantitative estimate of drug-likeness (QED) is 0.331. The van der Waals surface area contributed by atoms with E-state index in [9.17, 15) is 9.59 Å². The van der Waals surface area contributed by atoms with Crippen molar-refractivity contribution in [2.75, 3.05) is 38.5 Å². The van der Waals surface area contributed by atoms with E-state index < -0.39 is 0 Å². The molecule has 8 heteroatoms. The van der Waals surface area contributed by atoms with Gasteiger partial charge in [0.1, 0.15) is 17.6 Å². The van der Waals surface area contributed by atoms with E-state index in [0.29, 0.717) is 36.6 Å². The molecule has 0 spiro atoms. The highest BCUT2D eigenvalue weighted by molar-refractivity contribution is 6.02. The number of carbonyl (C=O) groups excluding carboxylic acids is 2. The van der Waals surface area contributed by atoms with Crippen molar-refractivity contribution in [3.8, 4) is 17.2 Å². The van der Waals surface area contributed by atoms with Crippen LogP contribution in [-0.4, -0.2) is 67.0 Å². The standard InChI is InChI=1S/C35H44N4O4/c1-24(2)39-21-25(3)32(23-38(4)22-26-15-17-29(18-16-26)42-28-11-6-5-7-12-28)43-33-30(35(39)41)13-8-14-31(33)37-34(40)27-10-9-19-36-20-27/h5-8,11-18,24-25,27,32,36H,9-10,19-23H2,1-4H3,(H,37,40)/t25-,27?,32+/m0/s1. The molecule has 0 radical (unpaired) electrons. The van der Waals surface area contributed by atoms with Crippen LogP contribution < -0.4 is 20.1 Å². The molecular formula is C35H44N4O4. The summed E-state index contributed by atoms with van der Waals surface area (Å²) in [6.07, 6.45) is 1.62. The van der Waals surface area contributed by atoms with Gasteiger partial charge in [-0.25, -0.2) is 0 Å². The number of ether oxygens (including phenoxy) is 2. The number of nitrogens with one attached hydrogen (secondary N) is 2. The zero-order valence-electron chi connectivity index (χ0n) is 25.7. The van der Waals surface area contributed by atoms with Crippen molar-refractivity contribution < 1.29 is 19.1 Å². The SMILES string of the molecule is CC(C)N1C[C@H](C)[C@@H](CN(C)Cc2ccc(Oc3ccccc3)cc2)Oc2c(NC(=O)C3CCCNC3)cccc2C1=O. The number of nitrogens with zero attached hydrogens (tertiary/aromatic N) is 2. The van der Waals surface area contributed by atoms with Crippen LogP contribution in [0.15, 0.2) is 72.8 Å². The second kappa shape index (κ2) is 14.1. The summed E-state index contributed by atoms with van der Waals surface area (Å²) in [6.45, 7) is 9.78. The molecule has 3 aromatic carbocycles. The second-order valence-electron chi connectivity index (χ2n) is 12.2. The maximum atomic E-state index is 13.7. The predicted molar refractivity (Wildman–Crippen MR) is 170 cm³/mol. The van der Waals surface area contributed by atoms with Crippen LogP contribution in [0.2, 0.25) is 0 Å². The second-order valence-corrected chi connectivity index (χ2v) is 12.2. The maximum absolute atomic E-state index is 13.7. The molecule has 2 N–H and O–H groups in total. The molecular weight excluding hydrogens is 540 g/mol. The third kappa shape index (κ3) is 7.75. The van der Waals surface area contributed by atoms with Crippen LogP contribution in [0.3, 0.4) is 0 Å². The zero-order chi connectivity index (χ0) is 30.3. The third-order valence-corrected chi connectivity index (χ3v) is 8.29. The van der Waals surface area contributed by atoms with Crippen LogP contribution in [0.4, 0.5) is 5.69 Å². The number of fused-ring (bicyclic) bond motifs is 1. The molecule has 0 saturated carbocycles. The Morgan fingerprint density at radius 1 is 1.07 bits per heavy atom. The number of amides is 2. The van der Waals surface area contributed by atoms with Gasteiger partial charge in [-0.15, -0.1) is 0 Å². The van der Waals surface area contributed by atoms with Crippen molar-refractivity contribution in [3.63, 3.8) is 0 Å². The van der Waals surface area contributed by atoms with Gasteiger partial charge in [-0.05, 0) is 82.2 Å². The smallest absolute Gasteiger partial charge is 0.257 e. The van der Waals surface area contributed by atoms with Gasteiger partial charge >= 0.3 is 0 Å². The summed E-state index contributed by atoms with van der Waals surface area (Å²) in [5.41, 5.74) is 2.21. The lowest BCUT2D eigenvalue weighted by atomic mass is 9.97. The van der Waals surface area contributed by atoms with E-state index >= 15 is 0 Å². The first-order valence-corrected chi connectivity index (χ1v) is 15.4. The summed E-state index contributed by atoms with van der Waals surface area (Å²) in [5, 5.41) is 6.41. The monoisotopic (exact) mass is 584 g/mol. The minimum atomic E-state index is -0.201. The summed E-state index contributed by atoms with van der Waals surface area (Å²) >= 11 is 0. The van der Waals surface area contributed by atoms with Crippen LogP contribution in [0.5, 0.6) is 17.2 Å². The molecule has 43 heavy (non-hydrogen) atoms. The van der Waals surface area contributed by atoms with E-state index in [-0.39, 0.29) is 35.8 Å². The Hall–Kier alpha value is -3.88. The highest BCUT2D eigenvalue weighted by Gasteiger charge is 2.34. The van der Waals surface area contributed by atoms with Gasteiger partial charge in [0.15, 0.2) is 5.75 Å². The highest BCUT2D eigenvalue weighted by atomic mass is 16.5. The molecule has 0 aromatic heterocycles. The van der Waals surface area contributed by atoms with Crippen molar-refractivity contribution in [1.82, 2.24) is 15.1 Å². The van der Waals surface area contributed by atoms with Crippen LogP contribution in [0.25, 0.3) is 0 Å². The average Bonchev–Trinajstić information content (AvgIpc) is 3.01. The molecule has 1 unspecified atom stereocenters. The predicted octanol–water partition coefficient (Wildman–Crippen LogP) is 5.80. The van der Waals surface area contributed by atoms with E-state index in [0.717, 1.165) is 43.0 Å². The number of carbonyl (C=O) groups is 2. The van der Waals surface area contributed by atoms with Gasteiger partial charge in [0.2, 0.25) is 5.91 Å². The van der Waals surface area contributed by atoms with Gasteiger partial charge in [0.25, 0.3) is 5.91 Å². The van der Waals surface area contributed by atoms with E-state index in [4.69, 9.17) is 9.47 Å². The fraction of sp³-hybridized carbons (Fsp3) is 0.429. The first-order valence-electron chi connectivity index (χ1n) is 15.4. The van der Waals surface area contributed by atoms with Crippen LogP contribution in [-0.2, 0) is 11.3 Å². The third-order valence-electron chi connectivity index (χ3n) is 8.29. The fourth-order valence-corrected chi connectivity index (χ4v) is 5.81. The highest BCUT2D eigenvalue weighted by Crippen LogP contribution is 2.35. The molecule has 0 bridgehead atoms. The minimum absolute atomic E-state index is 0.0301. The van der Waals surface area contributed by atoms with Gasteiger partial charge in [0, 0.05) is 38.1 Å². The molecule has 228 valence electrons. The Labute approximate surface area is 255 Å². The topological polar surface area (TPSA) is 83.1 Å². The van der Waals surface area contributed by atoms with E-state index in [1.807, 2.05) is 73.3 Å². The van der Waals surface area contributed by atoms with Crippen LogP contribution in [0, 0.1) is 11.8 Å². The summed E-state index contributed by atoms with van der Waals surface area (Å²) in [5.74, 6) is 1.91. The van der Waals surface area contributed by atoms with E-state index in [1.165, 1.54) is 0 Å². The van der Waals surface area contributed by atoms with Crippen molar-refractivity contribution in [2.45, 2.75) is 52.3 Å². The molecule has 1 saturated heterocycles. The first kappa shape index (κ1) is 30.6.